The third-order valence-electron chi connectivity index (χ3n) is 4.85. The van der Waals surface area contributed by atoms with Crippen molar-refractivity contribution >= 4 is 5.91 Å². The minimum Gasteiger partial charge on any atom is -0.351 e. The van der Waals surface area contributed by atoms with Gasteiger partial charge in [0.15, 0.2) is 0 Å². The topological polar surface area (TPSA) is 76.2 Å². The molecule has 0 unspecified atom stereocenters. The van der Waals surface area contributed by atoms with E-state index in [1.54, 1.807) is 0 Å². The van der Waals surface area contributed by atoms with E-state index in [9.17, 15) is 4.79 Å². The van der Waals surface area contributed by atoms with Gasteiger partial charge in [0.1, 0.15) is 0 Å². The highest BCUT2D eigenvalue weighted by Crippen LogP contribution is 2.25. The third-order valence-corrected chi connectivity index (χ3v) is 4.85. The minimum atomic E-state index is -0.0110. The molecule has 6 heteroatoms. The minimum absolute atomic E-state index is 0.0110. The van der Waals surface area contributed by atoms with Crippen LogP contribution < -0.4 is 11.1 Å². The number of nitrogens with one attached hydrogen (secondary N) is 1. The van der Waals surface area contributed by atoms with Crippen molar-refractivity contribution < 1.29 is 4.79 Å². The Hall–Kier alpha value is -1.40. The fourth-order valence-corrected chi connectivity index (χ4v) is 3.57. The van der Waals surface area contributed by atoms with E-state index in [-0.39, 0.29) is 5.91 Å². The highest BCUT2D eigenvalue weighted by Gasteiger charge is 2.24. The van der Waals surface area contributed by atoms with Crippen LogP contribution >= 0.6 is 0 Å². The van der Waals surface area contributed by atoms with Gasteiger partial charge in [-0.25, -0.2) is 0 Å². The maximum Gasteiger partial charge on any atom is 0.217 e. The van der Waals surface area contributed by atoms with E-state index in [1.165, 1.54) is 44.8 Å². The molecule has 6 nitrogen and oxygen atoms in total. The van der Waals surface area contributed by atoms with Crippen molar-refractivity contribution in [1.82, 2.24) is 20.0 Å². The van der Waals surface area contributed by atoms with Crippen LogP contribution in [-0.2, 0) is 24.4 Å². The summed E-state index contributed by atoms with van der Waals surface area (Å²) >= 11 is 0. The Balaban J connectivity index is 1.53. The van der Waals surface area contributed by atoms with E-state index in [2.05, 4.69) is 26.1 Å². The smallest absolute Gasteiger partial charge is 0.217 e. The summed E-state index contributed by atoms with van der Waals surface area (Å²) in [6, 6.07) is 2.55. The number of nitrogens with two attached hydrogens (primary N) is 1. The van der Waals surface area contributed by atoms with Crippen molar-refractivity contribution in [3.63, 3.8) is 0 Å². The van der Waals surface area contributed by atoms with Crippen molar-refractivity contribution in [2.75, 3.05) is 13.1 Å². The van der Waals surface area contributed by atoms with Gasteiger partial charge in [0.25, 0.3) is 0 Å². The van der Waals surface area contributed by atoms with Crippen molar-refractivity contribution in [1.29, 1.82) is 0 Å². The van der Waals surface area contributed by atoms with Gasteiger partial charge >= 0.3 is 0 Å². The maximum atomic E-state index is 11.0. The Labute approximate surface area is 132 Å². The summed E-state index contributed by atoms with van der Waals surface area (Å²) in [5, 5.41) is 7.38. The van der Waals surface area contributed by atoms with Gasteiger partial charge < -0.3 is 11.1 Å². The molecule has 0 saturated heterocycles. The van der Waals surface area contributed by atoms with Crippen LogP contribution in [-0.4, -0.2) is 39.7 Å². The Morgan fingerprint density at radius 1 is 1.36 bits per heavy atom. The number of aromatic nitrogens is 2. The van der Waals surface area contributed by atoms with E-state index in [1.807, 2.05) is 0 Å². The Kier molecular flexibility index (Phi) is 4.78. The molecule has 0 radical (unpaired) electrons. The van der Waals surface area contributed by atoms with Gasteiger partial charge in [0.2, 0.25) is 5.91 Å². The second kappa shape index (κ2) is 6.79. The predicted octanol–water partition coefficient (Wildman–Crippen LogP) is 0.852. The lowest BCUT2D eigenvalue weighted by Gasteiger charge is -2.33. The molecular formula is C16H27N5O. The van der Waals surface area contributed by atoms with E-state index >= 15 is 0 Å². The monoisotopic (exact) mass is 305 g/mol. The molecule has 0 bridgehead atoms. The van der Waals surface area contributed by atoms with Crippen molar-refractivity contribution in [3.05, 3.63) is 17.5 Å². The number of rotatable bonds is 4. The average molecular weight is 305 g/mol. The van der Waals surface area contributed by atoms with E-state index < -0.39 is 0 Å². The summed E-state index contributed by atoms with van der Waals surface area (Å²) < 4.78 is 2.09. The van der Waals surface area contributed by atoms with E-state index in [0.29, 0.717) is 12.6 Å². The molecule has 1 aliphatic heterocycles. The molecule has 1 aromatic heterocycles. The molecule has 1 fully saturated rings. The first-order valence-electron chi connectivity index (χ1n) is 8.38. The molecule has 2 aliphatic rings. The Morgan fingerprint density at radius 2 is 2.14 bits per heavy atom. The summed E-state index contributed by atoms with van der Waals surface area (Å²) in [4.78, 5) is 13.5. The highest BCUT2D eigenvalue weighted by atomic mass is 16.1. The standard InChI is InChI=1S/C16H27N5O/c1-12(22)18-9-15-8-16-11-20(6-7-21(16)19-15)10-13-2-4-14(17)5-3-13/h8,13-14H,2-7,9-11,17H2,1H3,(H,18,22). The van der Waals surface area contributed by atoms with Gasteiger partial charge in [0, 0.05) is 32.6 Å². The number of fused-ring (bicyclic) bond motifs is 1. The van der Waals surface area contributed by atoms with Gasteiger partial charge in [0.05, 0.1) is 24.5 Å². The molecule has 0 spiro atoms. The number of nitrogens with zero attached hydrogens (tertiary/aromatic N) is 3. The molecule has 1 aromatic rings. The zero-order chi connectivity index (χ0) is 15.5. The number of carbonyl (C=O) groups excluding carboxylic acids is 1. The van der Waals surface area contributed by atoms with E-state index in [4.69, 9.17) is 5.73 Å². The first-order chi connectivity index (χ1) is 10.6. The van der Waals surface area contributed by atoms with Gasteiger partial charge in [-0.1, -0.05) is 0 Å². The molecule has 3 N–H and O–H groups in total. The lowest BCUT2D eigenvalue weighted by atomic mass is 9.86. The summed E-state index contributed by atoms with van der Waals surface area (Å²) in [6.45, 7) is 6.22. The van der Waals surface area contributed by atoms with Gasteiger partial charge in [-0.05, 0) is 37.7 Å². The Morgan fingerprint density at radius 3 is 2.86 bits per heavy atom. The number of amides is 1. The lowest BCUT2D eigenvalue weighted by Crippen LogP contribution is -2.39. The molecule has 0 atom stereocenters. The number of hydrogen-bond donors (Lipinski definition) is 2. The molecule has 1 saturated carbocycles. The predicted molar refractivity (Wildman–Crippen MR) is 85.0 cm³/mol. The molecule has 0 aromatic carbocycles. The summed E-state index contributed by atoms with van der Waals surface area (Å²) in [6.07, 6.45) is 4.89. The van der Waals surface area contributed by atoms with Crippen LogP contribution in [0.15, 0.2) is 6.07 Å². The molecule has 1 amide bonds. The van der Waals surface area contributed by atoms with Crippen LogP contribution in [0.25, 0.3) is 0 Å². The van der Waals surface area contributed by atoms with Crippen LogP contribution in [0.5, 0.6) is 0 Å². The quantitative estimate of drug-likeness (QED) is 0.865. The summed E-state index contributed by atoms with van der Waals surface area (Å²) in [5.74, 6) is 0.788. The first-order valence-corrected chi connectivity index (χ1v) is 8.38. The number of hydrogen-bond acceptors (Lipinski definition) is 4. The fraction of sp³-hybridized carbons (Fsp3) is 0.750. The zero-order valence-corrected chi connectivity index (χ0v) is 13.4. The third kappa shape index (κ3) is 3.87. The van der Waals surface area contributed by atoms with Crippen LogP contribution in [0, 0.1) is 5.92 Å². The second-order valence-corrected chi connectivity index (χ2v) is 6.78. The zero-order valence-electron chi connectivity index (χ0n) is 13.4. The second-order valence-electron chi connectivity index (χ2n) is 6.78. The molecule has 22 heavy (non-hydrogen) atoms. The van der Waals surface area contributed by atoms with Crippen molar-refractivity contribution in [3.8, 4) is 0 Å². The molecule has 1 aliphatic carbocycles. The Bertz CT molecular complexity index is 519. The van der Waals surface area contributed by atoms with Crippen molar-refractivity contribution in [2.45, 2.75) is 58.3 Å². The maximum absolute atomic E-state index is 11.0. The molecule has 3 rings (SSSR count). The lowest BCUT2D eigenvalue weighted by molar-refractivity contribution is -0.119. The largest absolute Gasteiger partial charge is 0.351 e. The van der Waals surface area contributed by atoms with Gasteiger partial charge in [-0.2, -0.15) is 5.10 Å². The molecule has 2 heterocycles. The van der Waals surface area contributed by atoms with Gasteiger partial charge in [-0.15, -0.1) is 0 Å². The van der Waals surface area contributed by atoms with Crippen LogP contribution in [0.1, 0.15) is 44.0 Å². The van der Waals surface area contributed by atoms with Crippen molar-refractivity contribution in [2.24, 2.45) is 11.7 Å². The van der Waals surface area contributed by atoms with Crippen LogP contribution in [0.4, 0.5) is 0 Å². The summed E-state index contributed by atoms with van der Waals surface area (Å²) in [7, 11) is 0. The SMILES string of the molecule is CC(=O)NCc1cc2n(n1)CCN(CC1CCC(N)CC1)C2. The normalized spacial score (nSPS) is 25.7. The fourth-order valence-electron chi connectivity index (χ4n) is 3.57. The average Bonchev–Trinajstić information content (AvgIpc) is 2.90. The number of carbonyl (C=O) groups is 1. The highest BCUT2D eigenvalue weighted by molar-refractivity contribution is 5.72. The van der Waals surface area contributed by atoms with E-state index in [0.717, 1.165) is 31.2 Å². The van der Waals surface area contributed by atoms with Gasteiger partial charge in [-0.3, -0.25) is 14.4 Å². The van der Waals surface area contributed by atoms with Crippen LogP contribution in [0.2, 0.25) is 0 Å². The van der Waals surface area contributed by atoms with Crippen LogP contribution in [0.3, 0.4) is 0 Å². The molecule has 122 valence electrons. The summed E-state index contributed by atoms with van der Waals surface area (Å²) in [5.41, 5.74) is 8.21. The first kappa shape index (κ1) is 15.5. The molecular weight excluding hydrogens is 278 g/mol.